The highest BCUT2D eigenvalue weighted by molar-refractivity contribution is 5.85. The fraction of sp³-hybridized carbons (Fsp3) is 0.562. The number of hydrogen-bond donors (Lipinski definition) is 1. The summed E-state index contributed by atoms with van der Waals surface area (Å²) >= 11 is 0. The Morgan fingerprint density at radius 3 is 2.45 bits per heavy atom. The summed E-state index contributed by atoms with van der Waals surface area (Å²) < 4.78 is 10.5. The number of benzene rings is 1. The molecule has 0 radical (unpaired) electrons. The lowest BCUT2D eigenvalue weighted by molar-refractivity contribution is -0.145. The van der Waals surface area contributed by atoms with Crippen LogP contribution >= 0.6 is 0 Å². The number of hydrogen-bond acceptors (Lipinski definition) is 4. The Labute approximate surface area is 120 Å². The van der Waals surface area contributed by atoms with Crippen LogP contribution in [0.15, 0.2) is 30.3 Å². The lowest BCUT2D eigenvalue weighted by Crippen LogP contribution is -2.45. The van der Waals surface area contributed by atoms with Crippen molar-refractivity contribution < 1.29 is 19.4 Å². The Balaban J connectivity index is 2.54. The van der Waals surface area contributed by atoms with E-state index in [0.29, 0.717) is 6.61 Å². The molecule has 0 aromatic heterocycles. The summed E-state index contributed by atoms with van der Waals surface area (Å²) in [6.45, 7) is 5.51. The van der Waals surface area contributed by atoms with Crippen molar-refractivity contribution in [2.24, 2.45) is 5.92 Å². The van der Waals surface area contributed by atoms with Gasteiger partial charge in [-0.05, 0) is 19.4 Å². The molecular weight excluding hydrogens is 256 g/mol. The topological polar surface area (TPSA) is 55.8 Å². The third kappa shape index (κ3) is 4.71. The van der Waals surface area contributed by atoms with Crippen molar-refractivity contribution in [3.05, 3.63) is 35.9 Å². The van der Waals surface area contributed by atoms with Gasteiger partial charge in [-0.2, -0.15) is 0 Å². The number of aliphatic hydroxyl groups is 1. The lowest BCUT2D eigenvalue weighted by Gasteiger charge is -2.30. The van der Waals surface area contributed by atoms with E-state index in [-0.39, 0.29) is 12.4 Å². The molecule has 0 unspecified atom stereocenters. The van der Waals surface area contributed by atoms with Crippen molar-refractivity contribution in [3.63, 3.8) is 0 Å². The number of rotatable bonds is 8. The van der Waals surface area contributed by atoms with Crippen molar-refractivity contribution in [2.75, 3.05) is 13.7 Å². The third-order valence-electron chi connectivity index (χ3n) is 3.54. The van der Waals surface area contributed by atoms with E-state index in [9.17, 15) is 9.90 Å². The summed E-state index contributed by atoms with van der Waals surface area (Å²) in [7, 11) is 1.50. The Bertz CT molecular complexity index is 414. The second-order valence-corrected chi connectivity index (χ2v) is 5.35. The van der Waals surface area contributed by atoms with Crippen molar-refractivity contribution in [2.45, 2.75) is 39.1 Å². The van der Waals surface area contributed by atoms with E-state index in [1.807, 2.05) is 30.3 Å². The Hall–Kier alpha value is -1.23. The van der Waals surface area contributed by atoms with E-state index in [0.717, 1.165) is 5.56 Å². The van der Waals surface area contributed by atoms with Crippen molar-refractivity contribution >= 4 is 5.78 Å². The fourth-order valence-corrected chi connectivity index (χ4v) is 1.95. The zero-order chi connectivity index (χ0) is 15.2. The van der Waals surface area contributed by atoms with Crippen LogP contribution in [0, 0.1) is 5.92 Å². The van der Waals surface area contributed by atoms with Crippen LogP contribution in [0.3, 0.4) is 0 Å². The van der Waals surface area contributed by atoms with Crippen LogP contribution in [0.4, 0.5) is 0 Å². The summed E-state index contributed by atoms with van der Waals surface area (Å²) in [4.78, 5) is 12.2. The first-order chi connectivity index (χ1) is 9.38. The van der Waals surface area contributed by atoms with Gasteiger partial charge in [-0.15, -0.1) is 0 Å². The van der Waals surface area contributed by atoms with Crippen LogP contribution in [-0.4, -0.2) is 36.3 Å². The van der Waals surface area contributed by atoms with Crippen LogP contribution < -0.4 is 0 Å². The van der Waals surface area contributed by atoms with Crippen LogP contribution in [0.5, 0.6) is 0 Å². The largest absolute Gasteiger partial charge is 0.387 e. The van der Waals surface area contributed by atoms with Gasteiger partial charge in [0.2, 0.25) is 0 Å². The molecule has 0 aliphatic heterocycles. The molecule has 4 heteroatoms. The average molecular weight is 280 g/mol. The molecule has 1 rings (SSSR count). The first-order valence-corrected chi connectivity index (χ1v) is 6.79. The van der Waals surface area contributed by atoms with Gasteiger partial charge >= 0.3 is 0 Å². The number of carbonyl (C=O) groups excluding carboxylic acids is 1. The molecular formula is C16H24O4. The maximum Gasteiger partial charge on any atom is 0.167 e. The van der Waals surface area contributed by atoms with Crippen molar-refractivity contribution in [1.29, 1.82) is 0 Å². The molecule has 0 bridgehead atoms. The number of Topliss-reactive ketones (excluding diaryl/α,β-unsaturated/α-hetero) is 1. The Kier molecular flexibility index (Phi) is 6.33. The molecule has 0 saturated heterocycles. The molecule has 112 valence electrons. The number of ketones is 1. The maximum atomic E-state index is 12.2. The van der Waals surface area contributed by atoms with E-state index in [2.05, 4.69) is 0 Å². The molecule has 0 saturated carbocycles. The zero-order valence-corrected chi connectivity index (χ0v) is 12.6. The Morgan fingerprint density at radius 1 is 1.30 bits per heavy atom. The molecule has 4 nitrogen and oxygen atoms in total. The highest BCUT2D eigenvalue weighted by atomic mass is 16.5. The van der Waals surface area contributed by atoms with E-state index < -0.39 is 17.6 Å². The van der Waals surface area contributed by atoms with Crippen LogP contribution in [0.25, 0.3) is 0 Å². The van der Waals surface area contributed by atoms with Gasteiger partial charge in [0.05, 0.1) is 18.8 Å². The minimum absolute atomic E-state index is 0.116. The minimum Gasteiger partial charge on any atom is -0.387 e. The zero-order valence-electron chi connectivity index (χ0n) is 12.6. The van der Waals surface area contributed by atoms with Gasteiger partial charge < -0.3 is 14.6 Å². The molecule has 3 atom stereocenters. The van der Waals surface area contributed by atoms with Gasteiger partial charge in [0.15, 0.2) is 5.78 Å². The normalized spacial score (nSPS) is 17.2. The molecule has 0 aliphatic carbocycles. The van der Waals surface area contributed by atoms with Gasteiger partial charge in [0, 0.05) is 13.0 Å². The van der Waals surface area contributed by atoms with Crippen LogP contribution in [0.2, 0.25) is 0 Å². The van der Waals surface area contributed by atoms with Crippen molar-refractivity contribution in [1.82, 2.24) is 0 Å². The number of ether oxygens (including phenoxy) is 2. The van der Waals surface area contributed by atoms with Gasteiger partial charge in [0.25, 0.3) is 0 Å². The third-order valence-corrected chi connectivity index (χ3v) is 3.54. The monoisotopic (exact) mass is 280 g/mol. The van der Waals surface area contributed by atoms with Gasteiger partial charge in [-0.3, -0.25) is 4.79 Å². The molecule has 0 heterocycles. The molecule has 0 fully saturated rings. The van der Waals surface area contributed by atoms with Crippen molar-refractivity contribution in [3.8, 4) is 0 Å². The summed E-state index contributed by atoms with van der Waals surface area (Å²) in [5, 5.41) is 10.2. The molecule has 1 N–H and O–H groups in total. The Morgan fingerprint density at radius 2 is 1.90 bits per heavy atom. The fourth-order valence-electron chi connectivity index (χ4n) is 1.95. The van der Waals surface area contributed by atoms with Crippen LogP contribution in [0.1, 0.15) is 26.3 Å². The highest BCUT2D eigenvalue weighted by Crippen LogP contribution is 2.20. The maximum absolute atomic E-state index is 12.2. The van der Waals surface area contributed by atoms with Gasteiger partial charge in [-0.1, -0.05) is 37.3 Å². The average Bonchev–Trinajstić information content (AvgIpc) is 2.44. The molecule has 1 aromatic carbocycles. The van der Waals surface area contributed by atoms with Gasteiger partial charge in [0.1, 0.15) is 6.10 Å². The first-order valence-electron chi connectivity index (χ1n) is 6.79. The van der Waals surface area contributed by atoms with Gasteiger partial charge in [-0.25, -0.2) is 0 Å². The number of methoxy groups -OCH3 is 1. The quantitative estimate of drug-likeness (QED) is 0.793. The first kappa shape index (κ1) is 16.8. The summed E-state index contributed by atoms with van der Waals surface area (Å²) in [6, 6.07) is 9.68. The smallest absolute Gasteiger partial charge is 0.167 e. The standard InChI is InChI=1S/C16H24O4/c1-12(16(3,18)11-19-4)15(17)13(2)20-10-14-8-6-5-7-9-14/h5-9,12-13,18H,10-11H2,1-4H3/t12-,13+,16+/m1/s1. The molecule has 0 aliphatic rings. The molecule has 1 aromatic rings. The summed E-state index contributed by atoms with van der Waals surface area (Å²) in [5.74, 6) is -0.670. The summed E-state index contributed by atoms with van der Waals surface area (Å²) in [5.41, 5.74) is -0.167. The van der Waals surface area contributed by atoms with E-state index in [1.165, 1.54) is 7.11 Å². The molecule has 0 amide bonds. The van der Waals surface area contributed by atoms with E-state index >= 15 is 0 Å². The second-order valence-electron chi connectivity index (χ2n) is 5.35. The van der Waals surface area contributed by atoms with Crippen LogP contribution in [-0.2, 0) is 20.9 Å². The number of carbonyl (C=O) groups is 1. The van der Waals surface area contributed by atoms with E-state index in [1.54, 1.807) is 20.8 Å². The minimum atomic E-state index is -1.18. The summed E-state index contributed by atoms with van der Waals surface area (Å²) in [6.07, 6.45) is -0.562. The second kappa shape index (κ2) is 7.53. The lowest BCUT2D eigenvalue weighted by atomic mass is 9.86. The SMILES string of the molecule is COC[C@](C)(O)[C@H](C)C(=O)[C@H](C)OCc1ccccc1. The molecule has 20 heavy (non-hydrogen) atoms. The van der Waals surface area contributed by atoms with E-state index in [4.69, 9.17) is 9.47 Å². The predicted octanol–water partition coefficient (Wildman–Crippen LogP) is 2.19. The molecule has 0 spiro atoms. The highest BCUT2D eigenvalue weighted by Gasteiger charge is 2.36. The predicted molar refractivity (Wildman–Crippen MR) is 77.4 cm³/mol.